The summed E-state index contributed by atoms with van der Waals surface area (Å²) in [6.45, 7) is 1.42. The topological polar surface area (TPSA) is 41.5 Å². The first-order chi connectivity index (χ1) is 9.79. The molecule has 104 valence electrons. The summed E-state index contributed by atoms with van der Waals surface area (Å²) in [5, 5.41) is 12.7. The van der Waals surface area contributed by atoms with Crippen molar-refractivity contribution in [3.63, 3.8) is 0 Å². The number of phenolic OH excluding ortho intramolecular Hbond substituents is 1. The predicted octanol–water partition coefficient (Wildman–Crippen LogP) is 3.22. The Morgan fingerprint density at radius 2 is 1.85 bits per heavy atom. The Balaban J connectivity index is 1.56. The van der Waals surface area contributed by atoms with Crippen LogP contribution in [-0.4, -0.2) is 11.1 Å². The number of rotatable bonds is 6. The van der Waals surface area contributed by atoms with Crippen LogP contribution in [-0.2, 0) is 13.2 Å². The highest BCUT2D eigenvalue weighted by Gasteiger charge is 2.19. The van der Waals surface area contributed by atoms with Gasteiger partial charge in [-0.25, -0.2) is 0 Å². The van der Waals surface area contributed by atoms with Crippen LogP contribution >= 0.6 is 0 Å². The average Bonchev–Trinajstić information content (AvgIpc) is 3.29. The van der Waals surface area contributed by atoms with Gasteiger partial charge in [-0.1, -0.05) is 24.3 Å². The van der Waals surface area contributed by atoms with Crippen LogP contribution in [0.4, 0.5) is 0 Å². The van der Waals surface area contributed by atoms with Gasteiger partial charge in [0.05, 0.1) is 0 Å². The molecule has 1 fully saturated rings. The molecule has 1 aliphatic rings. The maximum Gasteiger partial charge on any atom is 0.120 e. The van der Waals surface area contributed by atoms with E-state index in [1.165, 1.54) is 18.4 Å². The lowest BCUT2D eigenvalue weighted by Crippen LogP contribution is -2.15. The summed E-state index contributed by atoms with van der Waals surface area (Å²) in [5.74, 6) is 1.16. The van der Waals surface area contributed by atoms with Crippen LogP contribution in [0.25, 0.3) is 0 Å². The lowest BCUT2D eigenvalue weighted by atomic mass is 10.2. The second kappa shape index (κ2) is 5.97. The van der Waals surface area contributed by atoms with Gasteiger partial charge in [-0.3, -0.25) is 0 Å². The van der Waals surface area contributed by atoms with E-state index in [0.29, 0.717) is 6.61 Å². The molecule has 0 atom stereocenters. The van der Waals surface area contributed by atoms with Crippen molar-refractivity contribution in [1.82, 2.24) is 5.32 Å². The Hall–Kier alpha value is -2.00. The van der Waals surface area contributed by atoms with E-state index in [1.807, 2.05) is 24.3 Å². The summed E-state index contributed by atoms with van der Waals surface area (Å²) in [5.41, 5.74) is 2.30. The van der Waals surface area contributed by atoms with E-state index < -0.39 is 0 Å². The fourth-order valence-corrected chi connectivity index (χ4v) is 2.05. The molecule has 20 heavy (non-hydrogen) atoms. The van der Waals surface area contributed by atoms with Crippen LogP contribution < -0.4 is 10.1 Å². The van der Waals surface area contributed by atoms with Crippen LogP contribution in [0.1, 0.15) is 24.0 Å². The molecule has 0 spiro atoms. The van der Waals surface area contributed by atoms with Crippen molar-refractivity contribution in [2.24, 2.45) is 0 Å². The standard InChI is InChI=1S/C17H19NO2/c19-16-8-4-13(5-9-16)12-20-17-3-1-2-14(10-17)11-18-15-6-7-15/h1-5,8-10,15,18-19H,6-7,11-12H2. The van der Waals surface area contributed by atoms with Gasteiger partial charge in [0, 0.05) is 12.6 Å². The Bertz CT molecular complexity index is 561. The molecule has 0 aliphatic heterocycles. The molecule has 0 aromatic heterocycles. The van der Waals surface area contributed by atoms with Crippen LogP contribution in [0.5, 0.6) is 11.5 Å². The molecule has 3 heteroatoms. The van der Waals surface area contributed by atoms with Gasteiger partial charge in [-0.05, 0) is 48.2 Å². The monoisotopic (exact) mass is 269 g/mol. The largest absolute Gasteiger partial charge is 0.508 e. The molecule has 0 bridgehead atoms. The zero-order chi connectivity index (χ0) is 13.8. The molecule has 2 aromatic rings. The summed E-state index contributed by atoms with van der Waals surface area (Å²) < 4.78 is 5.79. The molecule has 3 rings (SSSR count). The number of benzene rings is 2. The van der Waals surface area contributed by atoms with Gasteiger partial charge in [-0.2, -0.15) is 0 Å². The molecule has 2 N–H and O–H groups in total. The van der Waals surface area contributed by atoms with Gasteiger partial charge in [0.15, 0.2) is 0 Å². The van der Waals surface area contributed by atoms with Gasteiger partial charge in [0.25, 0.3) is 0 Å². The number of hydrogen-bond acceptors (Lipinski definition) is 3. The fourth-order valence-electron chi connectivity index (χ4n) is 2.05. The van der Waals surface area contributed by atoms with Gasteiger partial charge in [0.2, 0.25) is 0 Å². The number of phenols is 1. The third-order valence-corrected chi connectivity index (χ3v) is 3.41. The molecule has 0 radical (unpaired) electrons. The Morgan fingerprint density at radius 3 is 2.60 bits per heavy atom. The Kier molecular flexibility index (Phi) is 3.88. The fraction of sp³-hybridized carbons (Fsp3) is 0.294. The molecule has 2 aromatic carbocycles. The first-order valence-corrected chi connectivity index (χ1v) is 7.02. The van der Waals surface area contributed by atoms with Crippen LogP contribution in [0.3, 0.4) is 0 Å². The highest BCUT2D eigenvalue weighted by Crippen LogP contribution is 2.20. The van der Waals surface area contributed by atoms with Gasteiger partial charge in [-0.15, -0.1) is 0 Å². The SMILES string of the molecule is Oc1ccc(COc2cccc(CNC3CC3)c2)cc1. The van der Waals surface area contributed by atoms with Crippen molar-refractivity contribution in [1.29, 1.82) is 0 Å². The maximum absolute atomic E-state index is 9.24. The second-order valence-electron chi connectivity index (χ2n) is 5.26. The summed E-state index contributed by atoms with van der Waals surface area (Å²) in [6, 6.07) is 16.0. The second-order valence-corrected chi connectivity index (χ2v) is 5.26. The van der Waals surface area contributed by atoms with E-state index in [0.717, 1.165) is 23.9 Å². The first kappa shape index (κ1) is 13.0. The lowest BCUT2D eigenvalue weighted by molar-refractivity contribution is 0.305. The van der Waals surface area contributed by atoms with E-state index in [9.17, 15) is 5.11 Å². The Labute approximate surface area is 119 Å². The molecule has 0 heterocycles. The molecule has 3 nitrogen and oxygen atoms in total. The first-order valence-electron chi connectivity index (χ1n) is 7.02. The molecule has 0 saturated heterocycles. The van der Waals surface area contributed by atoms with Crippen molar-refractivity contribution >= 4 is 0 Å². The van der Waals surface area contributed by atoms with Gasteiger partial charge < -0.3 is 15.2 Å². The third kappa shape index (κ3) is 3.75. The smallest absolute Gasteiger partial charge is 0.120 e. The van der Waals surface area contributed by atoms with E-state index in [-0.39, 0.29) is 5.75 Å². The third-order valence-electron chi connectivity index (χ3n) is 3.41. The minimum absolute atomic E-state index is 0.280. The van der Waals surface area contributed by atoms with E-state index in [4.69, 9.17) is 4.74 Å². The zero-order valence-corrected chi connectivity index (χ0v) is 11.4. The molecule has 1 saturated carbocycles. The zero-order valence-electron chi connectivity index (χ0n) is 11.4. The predicted molar refractivity (Wildman–Crippen MR) is 78.7 cm³/mol. The van der Waals surface area contributed by atoms with Crippen molar-refractivity contribution in [3.8, 4) is 11.5 Å². The van der Waals surface area contributed by atoms with E-state index in [1.54, 1.807) is 12.1 Å². The normalized spacial score (nSPS) is 14.2. The minimum Gasteiger partial charge on any atom is -0.508 e. The summed E-state index contributed by atoms with van der Waals surface area (Å²) in [7, 11) is 0. The summed E-state index contributed by atoms with van der Waals surface area (Å²) in [4.78, 5) is 0. The molecular weight excluding hydrogens is 250 g/mol. The van der Waals surface area contributed by atoms with Crippen LogP contribution in [0.15, 0.2) is 48.5 Å². The quantitative estimate of drug-likeness (QED) is 0.846. The number of ether oxygens (including phenoxy) is 1. The van der Waals surface area contributed by atoms with Crippen molar-refractivity contribution in [3.05, 3.63) is 59.7 Å². The highest BCUT2D eigenvalue weighted by atomic mass is 16.5. The number of nitrogens with one attached hydrogen (secondary N) is 1. The van der Waals surface area contributed by atoms with Gasteiger partial charge >= 0.3 is 0 Å². The minimum atomic E-state index is 0.280. The van der Waals surface area contributed by atoms with E-state index >= 15 is 0 Å². The molecular formula is C17H19NO2. The highest BCUT2D eigenvalue weighted by molar-refractivity contribution is 5.30. The number of aromatic hydroxyl groups is 1. The summed E-state index contributed by atoms with van der Waals surface area (Å²) in [6.07, 6.45) is 2.61. The summed E-state index contributed by atoms with van der Waals surface area (Å²) >= 11 is 0. The van der Waals surface area contributed by atoms with Crippen LogP contribution in [0, 0.1) is 0 Å². The molecule has 0 unspecified atom stereocenters. The van der Waals surface area contributed by atoms with Crippen molar-refractivity contribution in [2.75, 3.05) is 0 Å². The molecule has 0 amide bonds. The number of hydrogen-bond donors (Lipinski definition) is 2. The average molecular weight is 269 g/mol. The van der Waals surface area contributed by atoms with Crippen LogP contribution in [0.2, 0.25) is 0 Å². The lowest BCUT2D eigenvalue weighted by Gasteiger charge is -2.09. The van der Waals surface area contributed by atoms with Crippen molar-refractivity contribution < 1.29 is 9.84 Å². The molecule has 1 aliphatic carbocycles. The Morgan fingerprint density at radius 1 is 1.05 bits per heavy atom. The van der Waals surface area contributed by atoms with Gasteiger partial charge in [0.1, 0.15) is 18.1 Å². The van der Waals surface area contributed by atoms with Crippen molar-refractivity contribution in [2.45, 2.75) is 32.0 Å². The maximum atomic E-state index is 9.24. The van der Waals surface area contributed by atoms with E-state index in [2.05, 4.69) is 17.4 Å².